The van der Waals surface area contributed by atoms with Gasteiger partial charge in [-0.1, -0.05) is 44.1 Å². The van der Waals surface area contributed by atoms with E-state index in [1.54, 1.807) is 0 Å². The predicted molar refractivity (Wildman–Crippen MR) is 105 cm³/mol. The van der Waals surface area contributed by atoms with Gasteiger partial charge in [-0.2, -0.15) is 10.1 Å². The van der Waals surface area contributed by atoms with Gasteiger partial charge in [0.2, 0.25) is 0 Å². The van der Waals surface area contributed by atoms with Crippen LogP contribution in [-0.4, -0.2) is 33.0 Å². The second-order valence-corrected chi connectivity index (χ2v) is 7.33. The number of para-hydroxylation sites is 1. The summed E-state index contributed by atoms with van der Waals surface area (Å²) in [7, 11) is 1.92. The number of hydrogen-bond donors (Lipinski definition) is 1. The fourth-order valence-electron chi connectivity index (χ4n) is 2.62. The first-order valence-corrected chi connectivity index (χ1v) is 8.54. The van der Waals surface area contributed by atoms with Crippen LogP contribution in [0.1, 0.15) is 39.2 Å². The van der Waals surface area contributed by atoms with E-state index in [0.717, 1.165) is 23.4 Å². The van der Waals surface area contributed by atoms with Crippen molar-refractivity contribution in [2.75, 3.05) is 7.05 Å². The van der Waals surface area contributed by atoms with Gasteiger partial charge in [0.1, 0.15) is 0 Å². The SMILES string of the molecule is CNC(C)Cc1noc(-c2cn(-c3ccccc3)nc2C(C)(C)C)n1.Cl. The average molecular weight is 376 g/mol. The third-order valence-electron chi connectivity index (χ3n) is 4.13. The highest BCUT2D eigenvalue weighted by molar-refractivity contribution is 5.85. The van der Waals surface area contributed by atoms with E-state index >= 15 is 0 Å². The Kier molecular flexibility index (Phi) is 6.21. The fraction of sp³-hybridized carbons (Fsp3) is 0.421. The lowest BCUT2D eigenvalue weighted by atomic mass is 9.89. The van der Waals surface area contributed by atoms with E-state index in [-0.39, 0.29) is 17.8 Å². The Morgan fingerprint density at radius 2 is 1.88 bits per heavy atom. The van der Waals surface area contributed by atoms with Crippen molar-refractivity contribution in [1.82, 2.24) is 25.2 Å². The molecule has 0 bridgehead atoms. The highest BCUT2D eigenvalue weighted by atomic mass is 35.5. The number of nitrogens with one attached hydrogen (secondary N) is 1. The van der Waals surface area contributed by atoms with Gasteiger partial charge in [-0.15, -0.1) is 12.4 Å². The van der Waals surface area contributed by atoms with E-state index in [1.165, 1.54) is 0 Å². The molecule has 1 N–H and O–H groups in total. The van der Waals surface area contributed by atoms with Gasteiger partial charge in [0.15, 0.2) is 5.82 Å². The molecule has 0 aliphatic heterocycles. The van der Waals surface area contributed by atoms with Crippen molar-refractivity contribution >= 4 is 12.4 Å². The standard InChI is InChI=1S/C19H25N5O.ClH/c1-13(20-5)11-16-21-18(25-23-16)15-12-24(14-9-7-6-8-10-14)22-17(15)19(2,3)4;/h6-10,12-13,20H,11H2,1-5H3;1H. The highest BCUT2D eigenvalue weighted by Crippen LogP contribution is 2.32. The first-order chi connectivity index (χ1) is 11.9. The lowest BCUT2D eigenvalue weighted by Gasteiger charge is -2.16. The maximum atomic E-state index is 5.54. The van der Waals surface area contributed by atoms with Crippen LogP contribution in [-0.2, 0) is 11.8 Å². The molecule has 2 heterocycles. The molecule has 0 saturated carbocycles. The minimum Gasteiger partial charge on any atom is -0.334 e. The van der Waals surface area contributed by atoms with Crippen LogP contribution in [0.15, 0.2) is 41.1 Å². The van der Waals surface area contributed by atoms with Crippen LogP contribution < -0.4 is 5.32 Å². The summed E-state index contributed by atoms with van der Waals surface area (Å²) in [6.07, 6.45) is 2.69. The van der Waals surface area contributed by atoms with Crippen molar-refractivity contribution in [3.8, 4) is 17.1 Å². The summed E-state index contributed by atoms with van der Waals surface area (Å²) in [4.78, 5) is 4.58. The molecule has 1 atom stereocenters. The molecule has 3 rings (SSSR count). The van der Waals surface area contributed by atoms with Gasteiger partial charge in [0, 0.05) is 24.1 Å². The quantitative estimate of drug-likeness (QED) is 0.734. The van der Waals surface area contributed by atoms with E-state index in [2.05, 4.69) is 43.2 Å². The van der Waals surface area contributed by atoms with Crippen LogP contribution in [0.4, 0.5) is 0 Å². The number of benzene rings is 1. The third-order valence-corrected chi connectivity index (χ3v) is 4.13. The molecule has 0 fully saturated rings. The molecule has 1 unspecified atom stereocenters. The van der Waals surface area contributed by atoms with Crippen LogP contribution >= 0.6 is 12.4 Å². The molecule has 6 nitrogen and oxygen atoms in total. The van der Waals surface area contributed by atoms with Crippen molar-refractivity contribution in [3.63, 3.8) is 0 Å². The predicted octanol–water partition coefficient (Wildman–Crippen LogP) is 3.79. The number of likely N-dealkylation sites (N-methyl/N-ethyl adjacent to an activating group) is 1. The Hall–Kier alpha value is -2.18. The molecule has 0 aliphatic carbocycles. The number of halogens is 1. The number of rotatable bonds is 5. The Bertz CT molecular complexity index is 835. The third kappa shape index (κ3) is 4.31. The van der Waals surface area contributed by atoms with Crippen molar-refractivity contribution in [3.05, 3.63) is 48.0 Å². The van der Waals surface area contributed by atoms with E-state index in [0.29, 0.717) is 17.8 Å². The van der Waals surface area contributed by atoms with Crippen LogP contribution in [0.2, 0.25) is 0 Å². The summed E-state index contributed by atoms with van der Waals surface area (Å²) in [6.45, 7) is 8.49. The highest BCUT2D eigenvalue weighted by Gasteiger charge is 2.27. The molecule has 0 amide bonds. The summed E-state index contributed by atoms with van der Waals surface area (Å²) in [6, 6.07) is 10.3. The first-order valence-electron chi connectivity index (χ1n) is 8.54. The molecule has 0 saturated heterocycles. The maximum Gasteiger partial charge on any atom is 0.261 e. The zero-order valence-corrected chi connectivity index (χ0v) is 16.7. The summed E-state index contributed by atoms with van der Waals surface area (Å²) >= 11 is 0. The number of hydrogen-bond acceptors (Lipinski definition) is 5. The average Bonchev–Trinajstić information content (AvgIpc) is 3.21. The number of nitrogens with zero attached hydrogens (tertiary/aromatic N) is 4. The van der Waals surface area contributed by atoms with E-state index in [1.807, 2.05) is 48.3 Å². The summed E-state index contributed by atoms with van der Waals surface area (Å²) < 4.78 is 7.41. The van der Waals surface area contributed by atoms with Gasteiger partial charge >= 0.3 is 0 Å². The van der Waals surface area contributed by atoms with Crippen molar-refractivity contribution in [1.29, 1.82) is 0 Å². The Labute approximate surface area is 160 Å². The van der Waals surface area contributed by atoms with E-state index in [9.17, 15) is 0 Å². The van der Waals surface area contributed by atoms with E-state index < -0.39 is 0 Å². The molecule has 26 heavy (non-hydrogen) atoms. The maximum absolute atomic E-state index is 5.54. The van der Waals surface area contributed by atoms with E-state index in [4.69, 9.17) is 9.62 Å². The van der Waals surface area contributed by atoms with Crippen LogP contribution in [0.3, 0.4) is 0 Å². The Balaban J connectivity index is 0.00000243. The summed E-state index contributed by atoms with van der Waals surface area (Å²) in [5.41, 5.74) is 2.69. The van der Waals surface area contributed by atoms with Crippen LogP contribution in [0.25, 0.3) is 17.1 Å². The molecule has 1 aromatic carbocycles. The zero-order valence-electron chi connectivity index (χ0n) is 15.9. The molecular weight excluding hydrogens is 350 g/mol. The second-order valence-electron chi connectivity index (χ2n) is 7.33. The molecule has 0 aliphatic rings. The van der Waals surface area contributed by atoms with Gasteiger partial charge in [-0.05, 0) is 26.1 Å². The fourth-order valence-corrected chi connectivity index (χ4v) is 2.62. The van der Waals surface area contributed by atoms with Gasteiger partial charge < -0.3 is 9.84 Å². The van der Waals surface area contributed by atoms with Crippen molar-refractivity contribution in [2.24, 2.45) is 0 Å². The topological polar surface area (TPSA) is 68.8 Å². The minimum absolute atomic E-state index is 0. The zero-order chi connectivity index (χ0) is 18.0. The molecule has 7 heteroatoms. The Morgan fingerprint density at radius 1 is 1.19 bits per heavy atom. The minimum atomic E-state index is -0.137. The van der Waals surface area contributed by atoms with Crippen molar-refractivity contribution < 1.29 is 4.52 Å². The lowest BCUT2D eigenvalue weighted by Crippen LogP contribution is -2.24. The van der Waals surface area contributed by atoms with Crippen LogP contribution in [0, 0.1) is 0 Å². The van der Waals surface area contributed by atoms with Crippen LogP contribution in [0.5, 0.6) is 0 Å². The second kappa shape index (κ2) is 8.01. The Morgan fingerprint density at radius 3 is 2.50 bits per heavy atom. The van der Waals surface area contributed by atoms with Gasteiger partial charge in [-0.25, -0.2) is 4.68 Å². The largest absolute Gasteiger partial charge is 0.334 e. The summed E-state index contributed by atoms with van der Waals surface area (Å²) in [5.74, 6) is 1.22. The summed E-state index contributed by atoms with van der Waals surface area (Å²) in [5, 5.41) is 12.1. The first kappa shape index (κ1) is 20.1. The number of aromatic nitrogens is 4. The normalized spacial score (nSPS) is 12.7. The lowest BCUT2D eigenvalue weighted by molar-refractivity contribution is 0.417. The molecule has 0 radical (unpaired) electrons. The molecular formula is C19H26ClN5O. The van der Waals surface area contributed by atoms with Gasteiger partial charge in [-0.3, -0.25) is 0 Å². The van der Waals surface area contributed by atoms with Crippen molar-refractivity contribution in [2.45, 2.75) is 45.6 Å². The molecule has 3 aromatic rings. The van der Waals surface area contributed by atoms with Gasteiger partial charge in [0.05, 0.1) is 16.9 Å². The smallest absolute Gasteiger partial charge is 0.261 e. The molecule has 140 valence electrons. The van der Waals surface area contributed by atoms with Gasteiger partial charge in [0.25, 0.3) is 5.89 Å². The molecule has 2 aromatic heterocycles. The monoisotopic (exact) mass is 375 g/mol. The molecule has 0 spiro atoms.